The van der Waals surface area contributed by atoms with Crippen molar-refractivity contribution in [3.05, 3.63) is 58.1 Å². The number of rotatable bonds is 2. The van der Waals surface area contributed by atoms with Gasteiger partial charge in [0, 0.05) is 15.1 Å². The monoisotopic (exact) mass is 321 g/mol. The van der Waals surface area contributed by atoms with E-state index in [4.69, 9.17) is 0 Å². The van der Waals surface area contributed by atoms with Gasteiger partial charge < -0.3 is 5.32 Å². The first-order valence-corrected chi connectivity index (χ1v) is 6.67. The van der Waals surface area contributed by atoms with Gasteiger partial charge in [0.05, 0.1) is 5.56 Å². The fourth-order valence-corrected chi connectivity index (χ4v) is 2.54. The fraction of sp³-hybridized carbons (Fsp3) is 0.0714. The zero-order valence-electron chi connectivity index (χ0n) is 9.77. The molecule has 2 rings (SSSR count). The van der Waals surface area contributed by atoms with Crippen LogP contribution in [0.2, 0.25) is 0 Å². The van der Waals surface area contributed by atoms with E-state index < -0.39 is 0 Å². The maximum atomic E-state index is 12.1. The molecule has 0 saturated carbocycles. The topological polar surface area (TPSA) is 29.1 Å². The van der Waals surface area contributed by atoms with E-state index in [9.17, 15) is 4.79 Å². The summed E-state index contributed by atoms with van der Waals surface area (Å²) in [6.45, 7) is 1.98. The summed E-state index contributed by atoms with van der Waals surface area (Å²) in [5.74, 6) is -0.155. The number of benzene rings is 2. The van der Waals surface area contributed by atoms with Gasteiger partial charge in [-0.1, -0.05) is 28.1 Å². The minimum Gasteiger partial charge on any atom is -0.322 e. The second kappa shape index (κ2) is 5.59. The van der Waals surface area contributed by atoms with Crippen molar-refractivity contribution in [3.8, 4) is 0 Å². The molecule has 2 nitrogen and oxygen atoms in total. The Balaban J connectivity index is 2.24. The molecule has 2 aromatic carbocycles. The highest BCUT2D eigenvalue weighted by atomic mass is 79.9. The molecule has 92 valence electrons. The van der Waals surface area contributed by atoms with Crippen LogP contribution in [0.5, 0.6) is 0 Å². The molecule has 0 saturated heterocycles. The van der Waals surface area contributed by atoms with Crippen LogP contribution >= 0.6 is 28.6 Å². The predicted molar refractivity (Wildman–Crippen MR) is 80.5 cm³/mol. The van der Waals surface area contributed by atoms with Gasteiger partial charge in [-0.15, -0.1) is 12.6 Å². The number of hydrogen-bond acceptors (Lipinski definition) is 2. The lowest BCUT2D eigenvalue weighted by atomic mass is 10.2. The van der Waals surface area contributed by atoms with Crippen molar-refractivity contribution in [2.24, 2.45) is 0 Å². The number of thiol groups is 1. The molecule has 0 heterocycles. The minimum atomic E-state index is -0.155. The molecule has 0 radical (unpaired) electrons. The van der Waals surface area contributed by atoms with Crippen molar-refractivity contribution in [1.29, 1.82) is 0 Å². The third-order valence-electron chi connectivity index (χ3n) is 2.45. The average Bonchev–Trinajstić information content (AvgIpc) is 2.27. The van der Waals surface area contributed by atoms with Crippen molar-refractivity contribution in [1.82, 2.24) is 0 Å². The van der Waals surface area contributed by atoms with Crippen LogP contribution in [-0.4, -0.2) is 5.91 Å². The second-order valence-corrected chi connectivity index (χ2v) is 5.39. The number of carbonyl (C=O) groups is 1. The summed E-state index contributed by atoms with van der Waals surface area (Å²) in [7, 11) is 0. The lowest BCUT2D eigenvalue weighted by Crippen LogP contribution is -2.12. The summed E-state index contributed by atoms with van der Waals surface area (Å²) in [5.41, 5.74) is 2.42. The summed E-state index contributed by atoms with van der Waals surface area (Å²) >= 11 is 7.68. The second-order valence-electron chi connectivity index (χ2n) is 3.99. The Morgan fingerprint density at radius 3 is 2.61 bits per heavy atom. The largest absolute Gasteiger partial charge is 0.322 e. The van der Waals surface area contributed by atoms with E-state index in [1.807, 2.05) is 37.3 Å². The molecule has 0 aliphatic heterocycles. The van der Waals surface area contributed by atoms with Crippen LogP contribution in [0.3, 0.4) is 0 Å². The standard InChI is InChI=1S/C14H12BrNOS/c1-9-6-10(15)8-11(7-9)16-14(17)12-4-2-3-5-13(12)18/h2-8,18H,1H3,(H,16,17). The van der Waals surface area contributed by atoms with Crippen LogP contribution in [0.4, 0.5) is 5.69 Å². The van der Waals surface area contributed by atoms with Crippen LogP contribution < -0.4 is 5.32 Å². The number of amides is 1. The molecule has 0 aromatic heterocycles. The third kappa shape index (κ3) is 3.15. The van der Waals surface area contributed by atoms with Gasteiger partial charge in [0.1, 0.15) is 0 Å². The highest BCUT2D eigenvalue weighted by molar-refractivity contribution is 9.10. The van der Waals surface area contributed by atoms with E-state index >= 15 is 0 Å². The number of nitrogens with one attached hydrogen (secondary N) is 1. The maximum Gasteiger partial charge on any atom is 0.256 e. The Morgan fingerprint density at radius 1 is 1.22 bits per heavy atom. The smallest absolute Gasteiger partial charge is 0.256 e. The molecule has 1 amide bonds. The van der Waals surface area contributed by atoms with E-state index in [2.05, 4.69) is 33.9 Å². The molecule has 0 aliphatic carbocycles. The average molecular weight is 322 g/mol. The van der Waals surface area contributed by atoms with Gasteiger partial charge in [0.25, 0.3) is 5.91 Å². The molecule has 1 N–H and O–H groups in total. The van der Waals surface area contributed by atoms with Crippen molar-refractivity contribution in [3.63, 3.8) is 0 Å². The summed E-state index contributed by atoms with van der Waals surface area (Å²) in [6.07, 6.45) is 0. The van der Waals surface area contributed by atoms with Crippen molar-refractivity contribution in [2.45, 2.75) is 11.8 Å². The van der Waals surface area contributed by atoms with Crippen molar-refractivity contribution < 1.29 is 4.79 Å². The maximum absolute atomic E-state index is 12.1. The Bertz CT molecular complexity index is 578. The summed E-state index contributed by atoms with van der Waals surface area (Å²) in [4.78, 5) is 12.8. The van der Waals surface area contributed by atoms with E-state index in [0.29, 0.717) is 10.5 Å². The predicted octanol–water partition coefficient (Wildman–Crippen LogP) is 4.30. The fourth-order valence-electron chi connectivity index (χ4n) is 1.67. The number of halogens is 1. The Morgan fingerprint density at radius 2 is 1.94 bits per heavy atom. The molecule has 2 aromatic rings. The van der Waals surface area contributed by atoms with Crippen LogP contribution in [0, 0.1) is 6.92 Å². The van der Waals surface area contributed by atoms with Gasteiger partial charge in [-0.2, -0.15) is 0 Å². The van der Waals surface area contributed by atoms with Crippen LogP contribution in [0.25, 0.3) is 0 Å². The first-order chi connectivity index (χ1) is 8.56. The molecule has 0 bridgehead atoms. The number of hydrogen-bond donors (Lipinski definition) is 2. The van der Waals surface area contributed by atoms with Gasteiger partial charge >= 0.3 is 0 Å². The number of aryl methyl sites for hydroxylation is 1. The first kappa shape index (κ1) is 13.2. The molecule has 0 aliphatic rings. The first-order valence-electron chi connectivity index (χ1n) is 5.43. The van der Waals surface area contributed by atoms with E-state index in [1.165, 1.54) is 0 Å². The summed E-state index contributed by atoms with van der Waals surface area (Å²) < 4.78 is 0.942. The van der Waals surface area contributed by atoms with Gasteiger partial charge in [-0.25, -0.2) is 0 Å². The molecule has 0 spiro atoms. The normalized spacial score (nSPS) is 10.2. The molecule has 0 atom stereocenters. The minimum absolute atomic E-state index is 0.155. The van der Waals surface area contributed by atoms with E-state index in [0.717, 1.165) is 15.7 Å². The molecule has 18 heavy (non-hydrogen) atoms. The lowest BCUT2D eigenvalue weighted by molar-refractivity contribution is 0.102. The third-order valence-corrected chi connectivity index (χ3v) is 3.30. The Kier molecular flexibility index (Phi) is 4.09. The summed E-state index contributed by atoms with van der Waals surface area (Å²) in [5, 5.41) is 2.86. The van der Waals surface area contributed by atoms with Crippen molar-refractivity contribution in [2.75, 3.05) is 5.32 Å². The van der Waals surface area contributed by atoms with Gasteiger partial charge in [-0.05, 0) is 42.8 Å². The zero-order valence-corrected chi connectivity index (χ0v) is 12.3. The van der Waals surface area contributed by atoms with E-state index in [1.54, 1.807) is 12.1 Å². The van der Waals surface area contributed by atoms with Crippen LogP contribution in [0.15, 0.2) is 51.8 Å². The SMILES string of the molecule is Cc1cc(Br)cc(NC(=O)c2ccccc2S)c1. The number of anilines is 1. The number of carbonyl (C=O) groups excluding carboxylic acids is 1. The van der Waals surface area contributed by atoms with Gasteiger partial charge in [-0.3, -0.25) is 4.79 Å². The van der Waals surface area contributed by atoms with E-state index in [-0.39, 0.29) is 5.91 Å². The Hall–Kier alpha value is -1.26. The van der Waals surface area contributed by atoms with Crippen LogP contribution in [0.1, 0.15) is 15.9 Å². The van der Waals surface area contributed by atoms with Gasteiger partial charge in [0.2, 0.25) is 0 Å². The Labute approximate surface area is 120 Å². The molecule has 0 unspecified atom stereocenters. The summed E-state index contributed by atoms with van der Waals surface area (Å²) in [6, 6.07) is 13.0. The quantitative estimate of drug-likeness (QED) is 0.793. The molecule has 4 heteroatoms. The molecular formula is C14H12BrNOS. The van der Waals surface area contributed by atoms with Crippen LogP contribution in [-0.2, 0) is 0 Å². The molecular weight excluding hydrogens is 310 g/mol. The van der Waals surface area contributed by atoms with Crippen molar-refractivity contribution >= 4 is 40.2 Å². The highest BCUT2D eigenvalue weighted by Gasteiger charge is 2.09. The lowest BCUT2D eigenvalue weighted by Gasteiger charge is -2.08. The van der Waals surface area contributed by atoms with Gasteiger partial charge in [0.15, 0.2) is 0 Å². The molecule has 0 fully saturated rings. The highest BCUT2D eigenvalue weighted by Crippen LogP contribution is 2.21. The zero-order chi connectivity index (χ0) is 13.1.